The van der Waals surface area contributed by atoms with E-state index < -0.39 is 5.63 Å². The van der Waals surface area contributed by atoms with Crippen molar-refractivity contribution in [3.05, 3.63) is 106 Å². The molecule has 29 heavy (non-hydrogen) atoms. The third-order valence-corrected chi connectivity index (χ3v) is 4.97. The Kier molecular flexibility index (Phi) is 5.61. The molecule has 1 N–H and O–H groups in total. The van der Waals surface area contributed by atoms with Crippen LogP contribution in [-0.2, 0) is 12.8 Å². The first-order valence-electron chi connectivity index (χ1n) is 9.66. The molecule has 0 aliphatic carbocycles. The van der Waals surface area contributed by atoms with E-state index in [1.165, 1.54) is 0 Å². The molecule has 4 nitrogen and oxygen atoms in total. The predicted octanol–water partition coefficient (Wildman–Crippen LogP) is 4.98. The SMILES string of the molecule is O=c1oc2ccccc2c(O)c1CC(COc1ccccc1)Cc1ccccc1. The lowest BCUT2D eigenvalue weighted by atomic mass is 9.93. The van der Waals surface area contributed by atoms with E-state index in [9.17, 15) is 9.90 Å². The fraction of sp³-hybridized carbons (Fsp3) is 0.160. The van der Waals surface area contributed by atoms with Crippen molar-refractivity contribution < 1.29 is 14.3 Å². The molecule has 0 fully saturated rings. The zero-order valence-electron chi connectivity index (χ0n) is 16.0. The molecule has 0 aliphatic rings. The summed E-state index contributed by atoms with van der Waals surface area (Å²) in [5.41, 5.74) is 1.33. The molecule has 4 aromatic rings. The quantitative estimate of drug-likeness (QED) is 0.455. The van der Waals surface area contributed by atoms with E-state index in [0.29, 0.717) is 29.6 Å². The van der Waals surface area contributed by atoms with Crippen molar-refractivity contribution in [1.82, 2.24) is 0 Å². The lowest BCUT2D eigenvalue weighted by molar-refractivity contribution is 0.245. The summed E-state index contributed by atoms with van der Waals surface area (Å²) < 4.78 is 11.4. The molecular weight excluding hydrogens is 364 g/mol. The highest BCUT2D eigenvalue weighted by molar-refractivity contribution is 5.83. The van der Waals surface area contributed by atoms with Gasteiger partial charge >= 0.3 is 5.63 Å². The number of para-hydroxylation sites is 2. The van der Waals surface area contributed by atoms with Crippen LogP contribution in [0.5, 0.6) is 11.5 Å². The summed E-state index contributed by atoms with van der Waals surface area (Å²) in [7, 11) is 0. The van der Waals surface area contributed by atoms with E-state index in [4.69, 9.17) is 9.15 Å². The second-order valence-corrected chi connectivity index (χ2v) is 7.10. The van der Waals surface area contributed by atoms with Crippen molar-refractivity contribution in [2.75, 3.05) is 6.61 Å². The zero-order chi connectivity index (χ0) is 20.1. The Morgan fingerprint density at radius 3 is 2.24 bits per heavy atom. The van der Waals surface area contributed by atoms with Crippen molar-refractivity contribution in [2.24, 2.45) is 5.92 Å². The molecule has 0 saturated heterocycles. The fourth-order valence-electron chi connectivity index (χ4n) is 3.51. The van der Waals surface area contributed by atoms with E-state index in [-0.39, 0.29) is 11.7 Å². The van der Waals surface area contributed by atoms with E-state index in [0.717, 1.165) is 17.7 Å². The number of hydrogen-bond acceptors (Lipinski definition) is 4. The normalized spacial score (nSPS) is 12.0. The van der Waals surface area contributed by atoms with Gasteiger partial charge in [0.15, 0.2) is 0 Å². The van der Waals surface area contributed by atoms with Crippen LogP contribution in [0.2, 0.25) is 0 Å². The highest BCUT2D eigenvalue weighted by atomic mass is 16.5. The molecule has 4 rings (SSSR count). The van der Waals surface area contributed by atoms with E-state index in [1.54, 1.807) is 18.2 Å². The highest BCUT2D eigenvalue weighted by Gasteiger charge is 2.20. The lowest BCUT2D eigenvalue weighted by Gasteiger charge is -2.18. The third kappa shape index (κ3) is 4.49. The Balaban J connectivity index is 1.62. The van der Waals surface area contributed by atoms with E-state index >= 15 is 0 Å². The van der Waals surface area contributed by atoms with Crippen molar-refractivity contribution in [2.45, 2.75) is 12.8 Å². The van der Waals surface area contributed by atoms with Gasteiger partial charge < -0.3 is 14.3 Å². The summed E-state index contributed by atoms with van der Waals surface area (Å²) in [4.78, 5) is 12.5. The summed E-state index contributed by atoms with van der Waals surface area (Å²) in [6, 6.07) is 26.7. The van der Waals surface area contributed by atoms with Gasteiger partial charge in [-0.15, -0.1) is 0 Å². The first-order valence-corrected chi connectivity index (χ1v) is 9.66. The standard InChI is InChI=1S/C25H22O4/c26-24-21-13-7-8-14-23(21)29-25(27)22(24)16-19(15-18-9-3-1-4-10-18)17-28-20-11-5-2-6-12-20/h1-14,19,26H,15-17H2. The molecule has 3 aromatic carbocycles. The average molecular weight is 386 g/mol. The molecule has 0 amide bonds. The van der Waals surface area contributed by atoms with Gasteiger partial charge in [-0.25, -0.2) is 4.79 Å². The zero-order valence-corrected chi connectivity index (χ0v) is 16.0. The van der Waals surface area contributed by atoms with Gasteiger partial charge in [0.25, 0.3) is 0 Å². The van der Waals surface area contributed by atoms with Crippen LogP contribution < -0.4 is 10.4 Å². The minimum absolute atomic E-state index is 0.00498. The highest BCUT2D eigenvalue weighted by Crippen LogP contribution is 2.28. The van der Waals surface area contributed by atoms with Gasteiger partial charge in [-0.1, -0.05) is 60.7 Å². The van der Waals surface area contributed by atoms with Crippen molar-refractivity contribution in [3.8, 4) is 11.5 Å². The Hall–Kier alpha value is -3.53. The number of fused-ring (bicyclic) bond motifs is 1. The molecule has 1 unspecified atom stereocenters. The molecule has 0 radical (unpaired) electrons. The van der Waals surface area contributed by atoms with Gasteiger partial charge in [-0.2, -0.15) is 0 Å². The van der Waals surface area contributed by atoms with Gasteiger partial charge in [-0.3, -0.25) is 0 Å². The van der Waals surface area contributed by atoms with Crippen molar-refractivity contribution in [3.63, 3.8) is 0 Å². The molecule has 0 spiro atoms. The van der Waals surface area contributed by atoms with Crippen LogP contribution in [-0.4, -0.2) is 11.7 Å². The van der Waals surface area contributed by atoms with Crippen LogP contribution in [0.25, 0.3) is 11.0 Å². The molecule has 1 atom stereocenters. The van der Waals surface area contributed by atoms with Crippen LogP contribution in [0.1, 0.15) is 11.1 Å². The molecule has 1 aromatic heterocycles. The van der Waals surface area contributed by atoms with Crippen molar-refractivity contribution in [1.29, 1.82) is 0 Å². The van der Waals surface area contributed by atoms with Crippen molar-refractivity contribution >= 4 is 11.0 Å². The molecule has 0 aliphatic heterocycles. The molecular formula is C25H22O4. The number of ether oxygens (including phenoxy) is 1. The molecule has 4 heteroatoms. The van der Waals surface area contributed by atoms with Crippen LogP contribution >= 0.6 is 0 Å². The molecule has 146 valence electrons. The number of hydrogen-bond donors (Lipinski definition) is 1. The minimum atomic E-state index is -0.501. The van der Waals surface area contributed by atoms with Crippen LogP contribution in [0.15, 0.2) is 94.1 Å². The Bertz CT molecular complexity index is 1130. The fourth-order valence-corrected chi connectivity index (χ4v) is 3.51. The van der Waals surface area contributed by atoms with E-state index in [2.05, 4.69) is 12.1 Å². The predicted molar refractivity (Wildman–Crippen MR) is 113 cm³/mol. The first-order chi connectivity index (χ1) is 14.2. The number of rotatable bonds is 7. The topological polar surface area (TPSA) is 59.7 Å². The maximum absolute atomic E-state index is 12.5. The second-order valence-electron chi connectivity index (χ2n) is 7.10. The summed E-state index contributed by atoms with van der Waals surface area (Å²) in [5, 5.41) is 11.3. The van der Waals surface area contributed by atoms with Crippen LogP contribution in [0.3, 0.4) is 0 Å². The molecule has 1 heterocycles. The maximum Gasteiger partial charge on any atom is 0.343 e. The Morgan fingerprint density at radius 1 is 0.828 bits per heavy atom. The molecule has 0 saturated carbocycles. The Morgan fingerprint density at radius 2 is 1.48 bits per heavy atom. The van der Waals surface area contributed by atoms with Gasteiger partial charge in [0.2, 0.25) is 0 Å². The summed E-state index contributed by atoms with van der Waals surface area (Å²) in [6.45, 7) is 0.421. The summed E-state index contributed by atoms with van der Waals surface area (Å²) in [6.07, 6.45) is 1.08. The monoisotopic (exact) mass is 386 g/mol. The number of aromatic hydroxyl groups is 1. The van der Waals surface area contributed by atoms with Gasteiger partial charge in [0, 0.05) is 5.92 Å². The first kappa shape index (κ1) is 18.8. The summed E-state index contributed by atoms with van der Waals surface area (Å²) in [5.74, 6) is 0.766. The van der Waals surface area contributed by atoms with Crippen LogP contribution in [0.4, 0.5) is 0 Å². The van der Waals surface area contributed by atoms with E-state index in [1.807, 2.05) is 54.6 Å². The minimum Gasteiger partial charge on any atom is -0.507 e. The van der Waals surface area contributed by atoms with Gasteiger partial charge in [0.05, 0.1) is 17.6 Å². The largest absolute Gasteiger partial charge is 0.507 e. The Labute approximate surface area is 169 Å². The number of benzene rings is 3. The smallest absolute Gasteiger partial charge is 0.343 e. The van der Waals surface area contributed by atoms with Gasteiger partial charge in [0.1, 0.15) is 17.1 Å². The molecule has 0 bridgehead atoms. The average Bonchev–Trinajstić information content (AvgIpc) is 2.76. The van der Waals surface area contributed by atoms with Gasteiger partial charge in [-0.05, 0) is 42.7 Å². The second kappa shape index (κ2) is 8.65. The third-order valence-electron chi connectivity index (χ3n) is 4.97. The van der Waals surface area contributed by atoms with Crippen LogP contribution in [0, 0.1) is 5.92 Å². The maximum atomic E-state index is 12.5. The lowest BCUT2D eigenvalue weighted by Crippen LogP contribution is -2.21. The summed E-state index contributed by atoms with van der Waals surface area (Å²) >= 11 is 0.